The zero-order valence-electron chi connectivity index (χ0n) is 15.9. The molecule has 0 aliphatic carbocycles. The average Bonchev–Trinajstić information content (AvgIpc) is 2.70. The van der Waals surface area contributed by atoms with Crippen molar-refractivity contribution in [2.24, 2.45) is 0 Å². The molecule has 1 spiro atoms. The molecular formula is C22H24N2O4. The van der Waals surface area contributed by atoms with E-state index in [0.717, 1.165) is 37.4 Å². The lowest BCUT2D eigenvalue weighted by Gasteiger charge is -2.43. The maximum atomic E-state index is 12.5. The lowest BCUT2D eigenvalue weighted by molar-refractivity contribution is -0.118. The SMILES string of the molecule is COc1ccc(NC(=O)CN2CCC3(CC2)CC(=O)c2ccccc2O3)cc1. The molecule has 1 saturated heterocycles. The smallest absolute Gasteiger partial charge is 0.238 e. The molecule has 0 saturated carbocycles. The number of likely N-dealkylation sites (tertiary alicyclic amines) is 1. The van der Waals surface area contributed by atoms with E-state index in [9.17, 15) is 9.59 Å². The summed E-state index contributed by atoms with van der Waals surface area (Å²) in [4.78, 5) is 27.0. The molecule has 1 amide bonds. The fourth-order valence-electron chi connectivity index (χ4n) is 3.92. The summed E-state index contributed by atoms with van der Waals surface area (Å²) in [5.74, 6) is 1.53. The normalized spacial score (nSPS) is 18.2. The number of carbonyl (C=O) groups excluding carboxylic acids is 2. The highest BCUT2D eigenvalue weighted by Gasteiger charge is 2.42. The predicted octanol–water partition coefficient (Wildman–Crippen LogP) is 3.13. The monoisotopic (exact) mass is 380 g/mol. The van der Waals surface area contributed by atoms with E-state index in [1.807, 2.05) is 48.5 Å². The van der Waals surface area contributed by atoms with Gasteiger partial charge >= 0.3 is 0 Å². The van der Waals surface area contributed by atoms with Crippen molar-refractivity contribution in [2.75, 3.05) is 32.1 Å². The van der Waals surface area contributed by atoms with Crippen LogP contribution >= 0.6 is 0 Å². The minimum Gasteiger partial charge on any atom is -0.497 e. The first-order chi connectivity index (χ1) is 13.6. The van der Waals surface area contributed by atoms with Gasteiger partial charge in [0.1, 0.15) is 17.1 Å². The van der Waals surface area contributed by atoms with Gasteiger partial charge in [0, 0.05) is 31.6 Å². The summed E-state index contributed by atoms with van der Waals surface area (Å²) in [6.07, 6.45) is 1.89. The maximum Gasteiger partial charge on any atom is 0.238 e. The minimum absolute atomic E-state index is 0.0490. The van der Waals surface area contributed by atoms with Crippen molar-refractivity contribution >= 4 is 17.4 Å². The van der Waals surface area contributed by atoms with Crippen LogP contribution in [0.4, 0.5) is 5.69 Å². The van der Waals surface area contributed by atoms with Gasteiger partial charge in [-0.25, -0.2) is 0 Å². The minimum atomic E-state index is -0.436. The Kier molecular flexibility index (Phi) is 5.05. The molecule has 1 N–H and O–H groups in total. The van der Waals surface area contributed by atoms with Crippen LogP contribution in [0.15, 0.2) is 48.5 Å². The summed E-state index contributed by atoms with van der Waals surface area (Å²) in [6, 6.07) is 14.7. The number of amides is 1. The summed E-state index contributed by atoms with van der Waals surface area (Å²) in [5, 5.41) is 2.91. The number of ether oxygens (including phenoxy) is 2. The van der Waals surface area contributed by atoms with Gasteiger partial charge in [-0.3, -0.25) is 14.5 Å². The second kappa shape index (κ2) is 7.64. The molecule has 6 nitrogen and oxygen atoms in total. The highest BCUT2D eigenvalue weighted by atomic mass is 16.5. The lowest BCUT2D eigenvalue weighted by Crippen LogP contribution is -2.52. The largest absolute Gasteiger partial charge is 0.497 e. The third-order valence-corrected chi connectivity index (χ3v) is 5.50. The molecule has 0 unspecified atom stereocenters. The second-order valence-corrected chi connectivity index (χ2v) is 7.43. The molecule has 0 radical (unpaired) electrons. The van der Waals surface area contributed by atoms with Gasteiger partial charge in [-0.1, -0.05) is 12.1 Å². The Morgan fingerprint density at radius 1 is 1.14 bits per heavy atom. The van der Waals surface area contributed by atoms with Crippen LogP contribution in [0.3, 0.4) is 0 Å². The Morgan fingerprint density at radius 2 is 1.86 bits per heavy atom. The van der Waals surface area contributed by atoms with Gasteiger partial charge in [-0.05, 0) is 36.4 Å². The van der Waals surface area contributed by atoms with E-state index in [1.165, 1.54) is 0 Å². The van der Waals surface area contributed by atoms with Crippen LogP contribution < -0.4 is 14.8 Å². The summed E-state index contributed by atoms with van der Waals surface area (Å²) >= 11 is 0. The van der Waals surface area contributed by atoms with Crippen LogP contribution in [-0.4, -0.2) is 48.9 Å². The number of carbonyl (C=O) groups is 2. The molecule has 146 valence electrons. The Labute approximate surface area is 164 Å². The van der Waals surface area contributed by atoms with Crippen LogP contribution in [0.5, 0.6) is 11.5 Å². The van der Waals surface area contributed by atoms with Crippen molar-refractivity contribution in [1.29, 1.82) is 0 Å². The summed E-state index contributed by atoms with van der Waals surface area (Å²) in [7, 11) is 1.61. The van der Waals surface area contributed by atoms with Crippen molar-refractivity contribution in [3.05, 3.63) is 54.1 Å². The Hall–Kier alpha value is -2.86. The van der Waals surface area contributed by atoms with E-state index < -0.39 is 5.60 Å². The summed E-state index contributed by atoms with van der Waals surface area (Å²) in [5.41, 5.74) is 0.987. The number of Topliss-reactive ketones (excluding diaryl/α,β-unsaturated/α-hetero) is 1. The standard InChI is InChI=1S/C22H24N2O4/c1-27-17-8-6-16(7-9-17)23-21(26)15-24-12-10-22(11-13-24)14-19(25)18-4-2-3-5-20(18)28-22/h2-9H,10-15H2,1H3,(H,23,26). The van der Waals surface area contributed by atoms with Crippen molar-refractivity contribution in [1.82, 2.24) is 4.90 Å². The van der Waals surface area contributed by atoms with Gasteiger partial charge in [0.2, 0.25) is 5.91 Å². The van der Waals surface area contributed by atoms with E-state index >= 15 is 0 Å². The molecule has 2 aliphatic rings. The molecule has 2 aliphatic heterocycles. The number of anilines is 1. The van der Waals surface area contributed by atoms with E-state index in [-0.39, 0.29) is 11.7 Å². The average molecular weight is 380 g/mol. The number of methoxy groups -OCH3 is 1. The lowest BCUT2D eigenvalue weighted by atomic mass is 9.82. The Bertz CT molecular complexity index is 870. The summed E-state index contributed by atoms with van der Waals surface area (Å²) in [6.45, 7) is 1.78. The number of fused-ring (bicyclic) bond motifs is 1. The molecule has 1 fully saturated rings. The molecule has 2 heterocycles. The van der Waals surface area contributed by atoms with Crippen LogP contribution in [0, 0.1) is 0 Å². The fraction of sp³-hybridized carbons (Fsp3) is 0.364. The molecule has 0 bridgehead atoms. The zero-order valence-corrected chi connectivity index (χ0v) is 15.9. The summed E-state index contributed by atoms with van der Waals surface area (Å²) < 4.78 is 11.4. The Balaban J connectivity index is 1.32. The fourth-order valence-corrected chi connectivity index (χ4v) is 3.92. The number of benzene rings is 2. The van der Waals surface area contributed by atoms with Gasteiger partial charge in [-0.2, -0.15) is 0 Å². The first-order valence-corrected chi connectivity index (χ1v) is 9.54. The molecule has 2 aromatic carbocycles. The Morgan fingerprint density at radius 3 is 2.57 bits per heavy atom. The molecule has 0 aromatic heterocycles. The van der Waals surface area contributed by atoms with Crippen LogP contribution in [-0.2, 0) is 4.79 Å². The van der Waals surface area contributed by atoms with E-state index in [4.69, 9.17) is 9.47 Å². The third kappa shape index (κ3) is 3.87. The molecule has 0 atom stereocenters. The second-order valence-electron chi connectivity index (χ2n) is 7.43. The molecule has 6 heteroatoms. The maximum absolute atomic E-state index is 12.5. The van der Waals surface area contributed by atoms with E-state index in [2.05, 4.69) is 10.2 Å². The topological polar surface area (TPSA) is 67.9 Å². The van der Waals surface area contributed by atoms with Crippen LogP contribution in [0.1, 0.15) is 29.6 Å². The highest BCUT2D eigenvalue weighted by Crippen LogP contribution is 2.39. The van der Waals surface area contributed by atoms with Crippen molar-refractivity contribution in [3.8, 4) is 11.5 Å². The predicted molar refractivity (Wildman–Crippen MR) is 106 cm³/mol. The number of ketones is 1. The van der Waals surface area contributed by atoms with Gasteiger partial charge in [-0.15, -0.1) is 0 Å². The first-order valence-electron chi connectivity index (χ1n) is 9.54. The van der Waals surface area contributed by atoms with Gasteiger partial charge < -0.3 is 14.8 Å². The molecule has 2 aromatic rings. The number of piperidine rings is 1. The quantitative estimate of drug-likeness (QED) is 0.883. The molecule has 28 heavy (non-hydrogen) atoms. The number of para-hydroxylation sites is 1. The number of hydrogen-bond donors (Lipinski definition) is 1. The number of rotatable bonds is 4. The van der Waals surface area contributed by atoms with E-state index in [0.29, 0.717) is 24.3 Å². The van der Waals surface area contributed by atoms with Crippen molar-refractivity contribution < 1.29 is 19.1 Å². The van der Waals surface area contributed by atoms with Gasteiger partial charge in [0.25, 0.3) is 0 Å². The van der Waals surface area contributed by atoms with E-state index in [1.54, 1.807) is 7.11 Å². The van der Waals surface area contributed by atoms with Gasteiger partial charge in [0.15, 0.2) is 5.78 Å². The molecular weight excluding hydrogens is 356 g/mol. The first kappa shape index (κ1) is 18.5. The highest BCUT2D eigenvalue weighted by molar-refractivity contribution is 6.00. The number of nitrogens with zero attached hydrogens (tertiary/aromatic N) is 1. The molecule has 4 rings (SSSR count). The number of nitrogens with one attached hydrogen (secondary N) is 1. The number of hydrogen-bond acceptors (Lipinski definition) is 5. The van der Waals surface area contributed by atoms with Crippen molar-refractivity contribution in [2.45, 2.75) is 24.9 Å². The van der Waals surface area contributed by atoms with Crippen LogP contribution in [0.25, 0.3) is 0 Å². The van der Waals surface area contributed by atoms with Crippen LogP contribution in [0.2, 0.25) is 0 Å². The third-order valence-electron chi connectivity index (χ3n) is 5.50. The van der Waals surface area contributed by atoms with Crippen molar-refractivity contribution in [3.63, 3.8) is 0 Å². The zero-order chi connectivity index (χ0) is 19.6. The van der Waals surface area contributed by atoms with Gasteiger partial charge in [0.05, 0.1) is 25.6 Å².